The maximum atomic E-state index is 14.6. The normalized spacial score (nSPS) is 15.0. The van der Waals surface area contributed by atoms with Gasteiger partial charge < -0.3 is 43.8 Å². The molecule has 0 unspecified atom stereocenters. The van der Waals surface area contributed by atoms with Gasteiger partial charge in [0, 0.05) is 13.1 Å². The number of imide groups is 2. The fourth-order valence-corrected chi connectivity index (χ4v) is 5.81. The molecule has 6 atom stereocenters. The highest BCUT2D eigenvalue weighted by molar-refractivity contribution is 6.06. The van der Waals surface area contributed by atoms with Crippen LogP contribution in [0, 0.1) is 23.7 Å². The summed E-state index contributed by atoms with van der Waals surface area (Å²) in [7, 11) is 0. The van der Waals surface area contributed by atoms with Gasteiger partial charge in [0.2, 0.25) is 11.8 Å². The molecule has 312 valence electrons. The molecular weight excluding hydrogens is 700 g/mol. The van der Waals surface area contributed by atoms with Crippen LogP contribution < -0.4 is 33.6 Å². The Balaban J connectivity index is 6.99. The number of carbonyl (C=O) groups excluding carboxylic acids is 5. The molecule has 0 saturated carbocycles. The monoisotopic (exact) mass is 771 g/mol. The number of carboxylic acid groups (broad SMARTS) is 2. The first kappa shape index (κ1) is 50.3. The molecule has 0 rings (SSSR count). The van der Waals surface area contributed by atoms with Crippen molar-refractivity contribution in [3.63, 3.8) is 0 Å². The highest BCUT2D eigenvalue weighted by Crippen LogP contribution is 2.17. The summed E-state index contributed by atoms with van der Waals surface area (Å²) in [5.41, 5.74) is 23.6. The lowest BCUT2D eigenvalue weighted by Crippen LogP contribution is -2.60. The van der Waals surface area contributed by atoms with Crippen molar-refractivity contribution >= 4 is 41.6 Å². The molecule has 0 aliphatic carbocycles. The van der Waals surface area contributed by atoms with Gasteiger partial charge in [0.15, 0.2) is 0 Å². The average Bonchev–Trinajstić information content (AvgIpc) is 3.05. The number of nitrogens with zero attached hydrogens (tertiary/aromatic N) is 2. The van der Waals surface area contributed by atoms with Crippen LogP contribution in [-0.2, 0) is 28.8 Å². The molecular formula is C37H70N8O9. The summed E-state index contributed by atoms with van der Waals surface area (Å²) in [4.78, 5) is 94.1. The molecule has 0 aromatic carbocycles. The minimum Gasteiger partial charge on any atom is -0.480 e. The van der Waals surface area contributed by atoms with Crippen molar-refractivity contribution < 1.29 is 43.8 Å². The summed E-state index contributed by atoms with van der Waals surface area (Å²) in [5, 5.41) is 23.9. The number of unbranched alkanes of at least 4 members (excludes halogenated alkanes) is 2. The van der Waals surface area contributed by atoms with E-state index in [-0.39, 0.29) is 88.1 Å². The molecule has 0 aliphatic rings. The average molecular weight is 771 g/mol. The molecule has 0 radical (unpaired) electrons. The van der Waals surface area contributed by atoms with Crippen molar-refractivity contribution in [1.29, 1.82) is 0 Å². The predicted molar refractivity (Wildman–Crippen MR) is 205 cm³/mol. The number of carboxylic acids is 2. The van der Waals surface area contributed by atoms with Gasteiger partial charge in [0.1, 0.15) is 24.2 Å². The van der Waals surface area contributed by atoms with Gasteiger partial charge in [-0.05, 0) is 87.9 Å². The summed E-state index contributed by atoms with van der Waals surface area (Å²) in [5.74, 6) is -5.24. The third kappa shape index (κ3) is 19.6. The molecule has 0 saturated heterocycles. The fourth-order valence-electron chi connectivity index (χ4n) is 5.81. The zero-order chi connectivity index (χ0) is 41.9. The van der Waals surface area contributed by atoms with E-state index in [1.165, 1.54) is 0 Å². The number of urea groups is 1. The summed E-state index contributed by atoms with van der Waals surface area (Å²) in [6.45, 7) is 14.4. The maximum Gasteiger partial charge on any atom is 0.333 e. The van der Waals surface area contributed by atoms with Crippen LogP contribution in [0.2, 0.25) is 0 Å². The van der Waals surface area contributed by atoms with Crippen molar-refractivity contribution in [2.24, 2.45) is 46.6 Å². The Morgan fingerprint density at radius 2 is 0.778 bits per heavy atom. The molecule has 0 spiro atoms. The van der Waals surface area contributed by atoms with Crippen LogP contribution in [0.3, 0.4) is 0 Å². The molecule has 0 heterocycles. The van der Waals surface area contributed by atoms with Crippen LogP contribution in [0.1, 0.15) is 120 Å². The molecule has 0 aromatic rings. The number of amides is 6. The van der Waals surface area contributed by atoms with Crippen LogP contribution in [-0.4, -0.2) is 111 Å². The smallest absolute Gasteiger partial charge is 0.333 e. The third-order valence-electron chi connectivity index (χ3n) is 8.69. The Morgan fingerprint density at radius 3 is 1.04 bits per heavy atom. The van der Waals surface area contributed by atoms with Gasteiger partial charge in [0.25, 0.3) is 11.8 Å². The van der Waals surface area contributed by atoms with Gasteiger partial charge in [-0.15, -0.1) is 0 Å². The van der Waals surface area contributed by atoms with Gasteiger partial charge >= 0.3 is 18.0 Å². The lowest BCUT2D eigenvalue weighted by molar-refractivity contribution is -0.139. The van der Waals surface area contributed by atoms with E-state index < -0.39 is 77.8 Å². The second-order valence-electron chi connectivity index (χ2n) is 16.0. The first-order valence-corrected chi connectivity index (χ1v) is 19.2. The van der Waals surface area contributed by atoms with Crippen LogP contribution in [0.5, 0.6) is 0 Å². The predicted octanol–water partition coefficient (Wildman–Crippen LogP) is 1.74. The second kappa shape index (κ2) is 25.4. The van der Waals surface area contributed by atoms with Gasteiger partial charge in [-0.25, -0.2) is 4.79 Å². The van der Waals surface area contributed by atoms with E-state index >= 15 is 0 Å². The number of nitrogens with two attached hydrogens (primary N) is 4. The Kier molecular flexibility index (Phi) is 23.7. The Hall–Kier alpha value is -3.67. The number of hydrogen-bond acceptors (Lipinski definition) is 11. The summed E-state index contributed by atoms with van der Waals surface area (Å²) < 4.78 is 0. The minimum atomic E-state index is -1.21. The van der Waals surface area contributed by atoms with Gasteiger partial charge in [-0.1, -0.05) is 55.4 Å². The van der Waals surface area contributed by atoms with Gasteiger partial charge in [0.05, 0.1) is 12.1 Å². The molecule has 6 amide bonds. The van der Waals surface area contributed by atoms with E-state index in [0.29, 0.717) is 12.8 Å². The summed E-state index contributed by atoms with van der Waals surface area (Å²) >= 11 is 0. The molecule has 54 heavy (non-hydrogen) atoms. The largest absolute Gasteiger partial charge is 0.480 e. The van der Waals surface area contributed by atoms with Crippen molar-refractivity contribution in [2.75, 3.05) is 13.1 Å². The summed E-state index contributed by atoms with van der Waals surface area (Å²) in [6, 6.07) is -7.60. The first-order valence-electron chi connectivity index (χ1n) is 19.2. The number of nitrogens with one attached hydrogen (secondary N) is 2. The highest BCUT2D eigenvalue weighted by atomic mass is 16.4. The van der Waals surface area contributed by atoms with Gasteiger partial charge in [-0.2, -0.15) is 0 Å². The summed E-state index contributed by atoms with van der Waals surface area (Å²) in [6.07, 6.45) is 1.73. The first-order chi connectivity index (χ1) is 25.0. The van der Waals surface area contributed by atoms with Crippen LogP contribution >= 0.6 is 0 Å². The second-order valence-corrected chi connectivity index (χ2v) is 16.0. The zero-order valence-corrected chi connectivity index (χ0v) is 33.7. The van der Waals surface area contributed by atoms with E-state index in [1.807, 2.05) is 55.4 Å². The van der Waals surface area contributed by atoms with E-state index in [4.69, 9.17) is 22.9 Å². The maximum absolute atomic E-state index is 14.6. The lowest BCUT2D eigenvalue weighted by atomic mass is 9.99. The SMILES string of the molecule is CC(C)C[C@H](NC(=O)[C@@H](N)CC(C)C)C(=O)N(CCCC[C@H](N)C(=O)O)C(=O)N(CCCC[C@H](N)C(=O)O)C(=O)[C@H](CC(C)C)NC(=O)[C@@H](N)CC(C)C. The lowest BCUT2D eigenvalue weighted by Gasteiger charge is -2.34. The van der Waals surface area contributed by atoms with Crippen LogP contribution in [0.25, 0.3) is 0 Å². The van der Waals surface area contributed by atoms with Crippen LogP contribution in [0.15, 0.2) is 0 Å². The Labute approximate surface area is 321 Å². The quantitative estimate of drug-likeness (QED) is 0.0582. The van der Waals surface area contributed by atoms with E-state index in [0.717, 1.165) is 9.80 Å². The van der Waals surface area contributed by atoms with Crippen molar-refractivity contribution in [3.8, 4) is 0 Å². The molecule has 12 N–H and O–H groups in total. The number of carbonyl (C=O) groups is 7. The van der Waals surface area contributed by atoms with E-state index in [9.17, 15) is 43.8 Å². The number of rotatable bonds is 26. The molecule has 17 heteroatoms. The highest BCUT2D eigenvalue weighted by Gasteiger charge is 2.38. The molecule has 17 nitrogen and oxygen atoms in total. The Bertz CT molecular complexity index is 1140. The van der Waals surface area contributed by atoms with Crippen LogP contribution in [0.4, 0.5) is 4.79 Å². The van der Waals surface area contributed by atoms with Gasteiger partial charge in [-0.3, -0.25) is 38.6 Å². The third-order valence-corrected chi connectivity index (χ3v) is 8.69. The molecule has 0 bridgehead atoms. The zero-order valence-electron chi connectivity index (χ0n) is 33.7. The molecule has 0 fully saturated rings. The van der Waals surface area contributed by atoms with Crippen molar-refractivity contribution in [2.45, 2.75) is 156 Å². The van der Waals surface area contributed by atoms with E-state index in [1.54, 1.807) is 0 Å². The Morgan fingerprint density at radius 1 is 0.481 bits per heavy atom. The van der Waals surface area contributed by atoms with Crippen molar-refractivity contribution in [1.82, 2.24) is 20.4 Å². The van der Waals surface area contributed by atoms with Crippen molar-refractivity contribution in [3.05, 3.63) is 0 Å². The minimum absolute atomic E-state index is 0.0490. The topological polar surface area (TPSA) is 295 Å². The number of aliphatic carboxylic acids is 2. The fraction of sp³-hybridized carbons (Fsp3) is 0.811. The molecule has 0 aliphatic heterocycles. The number of hydrogen-bond donors (Lipinski definition) is 8. The molecule has 0 aromatic heterocycles. The van der Waals surface area contributed by atoms with E-state index in [2.05, 4.69) is 10.6 Å². The standard InChI is InChI=1S/C37H70N8O9/c1-21(2)17-27(40)31(46)42-29(19-23(5)6)33(48)44(15-11-9-13-25(38)35(50)51)37(54)45(16-12-10-14-26(39)36(52)53)34(49)30(20-24(7)8)43-32(47)28(41)18-22(3)4/h21-30H,9-20,38-41H2,1-8H3,(H,42,46)(H,43,47)(H,50,51)(H,52,53)/t25-,26-,27-,28-,29-,30-/m0/s1.